The molecule has 4 rings (SSSR count). The van der Waals surface area contributed by atoms with Crippen LogP contribution in [0.4, 0.5) is 5.82 Å². The molecule has 2 aromatic carbocycles. The Hall–Kier alpha value is -4.62. The van der Waals surface area contributed by atoms with Gasteiger partial charge in [0.25, 0.3) is 0 Å². The molecule has 0 amide bonds. The second-order valence-electron chi connectivity index (χ2n) is 12.6. The fourth-order valence-electron chi connectivity index (χ4n) is 4.53. The number of anilines is 1. The number of nitrogens with zero attached hydrogens (tertiary/aromatic N) is 4. The Balaban J connectivity index is 1.53. The summed E-state index contributed by atoms with van der Waals surface area (Å²) in [5.74, 6) is 1.58. The second-order valence-corrected chi connectivity index (χ2v) is 18.3. The number of ether oxygens (including phenoxy) is 2. The molecule has 0 unspecified atom stereocenters. The molecule has 0 saturated heterocycles. The van der Waals surface area contributed by atoms with Gasteiger partial charge in [0, 0.05) is 16.9 Å². The number of esters is 1. The van der Waals surface area contributed by atoms with Crippen LogP contribution in [0.3, 0.4) is 0 Å². The zero-order valence-electron chi connectivity index (χ0n) is 27.9. The number of benzene rings is 2. The van der Waals surface area contributed by atoms with Gasteiger partial charge in [0.05, 0.1) is 30.0 Å². The largest absolute Gasteiger partial charge is 0.491 e. The lowest BCUT2D eigenvalue weighted by Crippen LogP contribution is -2.44. The minimum Gasteiger partial charge on any atom is -0.491 e. The second kappa shape index (κ2) is 14.4. The number of carbonyl (C=O) groups is 1. The number of carbonyl (C=O) groups excluding carboxylic acids is 1. The van der Waals surface area contributed by atoms with E-state index in [0.29, 0.717) is 62.7 Å². The van der Waals surface area contributed by atoms with Gasteiger partial charge in [-0.1, -0.05) is 44.7 Å². The lowest BCUT2D eigenvalue weighted by Gasteiger charge is -2.38. The number of hydrogen-bond acceptors (Lipinski definition) is 11. The van der Waals surface area contributed by atoms with Gasteiger partial charge in [0.2, 0.25) is 5.89 Å². The van der Waals surface area contributed by atoms with Gasteiger partial charge >= 0.3 is 5.97 Å². The summed E-state index contributed by atoms with van der Waals surface area (Å²) in [6, 6.07) is 18.3. The number of nitriles is 2. The van der Waals surface area contributed by atoms with Crippen LogP contribution in [0, 0.1) is 29.6 Å². The van der Waals surface area contributed by atoms with Crippen LogP contribution in [0.25, 0.3) is 22.6 Å². The van der Waals surface area contributed by atoms with Crippen molar-refractivity contribution in [3.8, 4) is 40.5 Å². The molecule has 12 heteroatoms. The Morgan fingerprint density at radius 1 is 1.02 bits per heavy atom. The van der Waals surface area contributed by atoms with Crippen LogP contribution in [-0.4, -0.2) is 44.1 Å². The molecule has 2 N–H and O–H groups in total. The highest BCUT2D eigenvalue weighted by Crippen LogP contribution is 2.39. The van der Waals surface area contributed by atoms with Crippen LogP contribution in [-0.2, 0) is 14.9 Å². The first-order valence-corrected chi connectivity index (χ1v) is 18.9. The number of aromatic nitrogens is 2. The smallest absolute Gasteiger partial charge is 0.337 e. The van der Waals surface area contributed by atoms with Crippen LogP contribution >= 0.6 is 11.8 Å². The zero-order valence-corrected chi connectivity index (χ0v) is 29.7. The van der Waals surface area contributed by atoms with E-state index in [1.54, 1.807) is 55.5 Å². The van der Waals surface area contributed by atoms with E-state index in [2.05, 4.69) is 56.0 Å². The summed E-state index contributed by atoms with van der Waals surface area (Å²) in [6.45, 7) is 15.2. The molecule has 2 heterocycles. The first-order valence-electron chi connectivity index (χ1n) is 15.0. The fraction of sp³-hybridized carbons (Fsp3) is 0.343. The molecule has 1 atom stereocenters. The van der Waals surface area contributed by atoms with Crippen LogP contribution in [0.1, 0.15) is 60.6 Å². The van der Waals surface area contributed by atoms with Gasteiger partial charge in [-0.05, 0) is 73.9 Å². The third kappa shape index (κ3) is 8.03. The van der Waals surface area contributed by atoms with E-state index in [9.17, 15) is 15.3 Å². The first kappa shape index (κ1) is 35.2. The number of hydrogen-bond donors (Lipinski definition) is 1. The predicted octanol–water partition coefficient (Wildman–Crippen LogP) is 7.91. The minimum absolute atomic E-state index is 0.0317. The van der Waals surface area contributed by atoms with E-state index in [1.807, 2.05) is 6.92 Å². The van der Waals surface area contributed by atoms with Crippen molar-refractivity contribution in [3.63, 3.8) is 0 Å². The normalized spacial score (nSPS) is 12.2. The molecule has 0 aliphatic rings. The number of rotatable bonds is 11. The van der Waals surface area contributed by atoms with Crippen molar-refractivity contribution in [1.29, 1.82) is 10.5 Å². The topological polar surface area (TPSA) is 157 Å². The van der Waals surface area contributed by atoms with E-state index in [4.69, 9.17) is 24.1 Å². The summed E-state index contributed by atoms with van der Waals surface area (Å²) in [6.07, 6.45) is -0.0814. The van der Waals surface area contributed by atoms with Gasteiger partial charge in [0.1, 0.15) is 46.7 Å². The first-order chi connectivity index (χ1) is 22.2. The molecular formula is C35H39N5O5SSi. The van der Waals surface area contributed by atoms with Crippen molar-refractivity contribution in [2.24, 2.45) is 0 Å². The molecule has 0 aliphatic heterocycles. The maximum atomic E-state index is 11.8. The molecule has 4 aromatic rings. The summed E-state index contributed by atoms with van der Waals surface area (Å²) in [4.78, 5) is 20.8. The highest BCUT2D eigenvalue weighted by molar-refractivity contribution is 7.98. The standard InChI is InChI=1S/C35H39N5O5SSi/c1-21(45-47(7,8)35(3,4)5)19-43-26-15-13-23(14-16-26)30-27(17-36)31(38)40-33(28(30)18-37)46-20-29-22(2)44-32(39-29)24-9-11-25(12-10-24)34(41)42-6/h9-16,21H,19-20H2,1-8H3,(H2,38,40)/t21-/m0/s1. The number of aryl methyl sites for hydroxylation is 1. The Morgan fingerprint density at radius 2 is 1.64 bits per heavy atom. The maximum Gasteiger partial charge on any atom is 0.337 e. The van der Waals surface area contributed by atoms with Crippen molar-refractivity contribution in [2.45, 2.75) is 69.6 Å². The number of methoxy groups -OCH3 is 1. The Labute approximate surface area is 281 Å². The highest BCUT2D eigenvalue weighted by Gasteiger charge is 2.38. The third-order valence-corrected chi connectivity index (χ3v) is 13.7. The van der Waals surface area contributed by atoms with E-state index < -0.39 is 14.3 Å². The summed E-state index contributed by atoms with van der Waals surface area (Å²) in [7, 11) is -0.600. The molecule has 0 saturated carbocycles. The third-order valence-electron chi connectivity index (χ3n) is 8.14. The molecule has 0 fully saturated rings. The van der Waals surface area contributed by atoms with Gasteiger partial charge in [-0.3, -0.25) is 0 Å². The molecule has 47 heavy (non-hydrogen) atoms. The number of thioether (sulfide) groups is 1. The monoisotopic (exact) mass is 669 g/mol. The molecule has 0 spiro atoms. The zero-order chi connectivity index (χ0) is 34.5. The lowest BCUT2D eigenvalue weighted by molar-refractivity contribution is 0.0600. The molecule has 244 valence electrons. The van der Waals surface area contributed by atoms with Crippen LogP contribution in [0.2, 0.25) is 18.1 Å². The molecule has 0 bridgehead atoms. The van der Waals surface area contributed by atoms with Crippen molar-refractivity contribution in [1.82, 2.24) is 9.97 Å². The van der Waals surface area contributed by atoms with Crippen LogP contribution < -0.4 is 10.5 Å². The van der Waals surface area contributed by atoms with Crippen LogP contribution in [0.5, 0.6) is 5.75 Å². The van der Waals surface area contributed by atoms with Crippen molar-refractivity contribution >= 4 is 31.9 Å². The number of nitrogen functional groups attached to an aromatic ring is 1. The van der Waals surface area contributed by atoms with E-state index in [0.717, 1.165) is 0 Å². The van der Waals surface area contributed by atoms with Gasteiger partial charge in [-0.15, -0.1) is 0 Å². The van der Waals surface area contributed by atoms with Crippen molar-refractivity contribution in [3.05, 3.63) is 76.7 Å². The van der Waals surface area contributed by atoms with Gasteiger partial charge in [-0.2, -0.15) is 10.5 Å². The summed E-state index contributed by atoms with van der Waals surface area (Å²) in [5.41, 5.74) is 9.45. The quantitative estimate of drug-likeness (QED) is 0.0940. The van der Waals surface area contributed by atoms with Gasteiger partial charge < -0.3 is 24.1 Å². The number of nitrogens with two attached hydrogens (primary N) is 1. The molecule has 0 radical (unpaired) electrons. The van der Waals surface area contributed by atoms with Crippen molar-refractivity contribution < 1.29 is 23.1 Å². The highest BCUT2D eigenvalue weighted by atomic mass is 32.2. The average Bonchev–Trinajstić information content (AvgIpc) is 3.41. The van der Waals surface area contributed by atoms with E-state index in [-0.39, 0.29) is 28.1 Å². The average molecular weight is 670 g/mol. The summed E-state index contributed by atoms with van der Waals surface area (Å²) < 4.78 is 23.1. The number of oxazole rings is 1. The van der Waals surface area contributed by atoms with E-state index >= 15 is 0 Å². The summed E-state index contributed by atoms with van der Waals surface area (Å²) >= 11 is 1.28. The maximum absolute atomic E-state index is 11.8. The predicted molar refractivity (Wildman–Crippen MR) is 184 cm³/mol. The molecule has 10 nitrogen and oxygen atoms in total. The van der Waals surface area contributed by atoms with Gasteiger partial charge in [-0.25, -0.2) is 14.8 Å². The van der Waals surface area contributed by atoms with Crippen molar-refractivity contribution in [2.75, 3.05) is 19.5 Å². The molecular weight excluding hydrogens is 631 g/mol. The minimum atomic E-state index is -1.93. The fourth-order valence-corrected chi connectivity index (χ4v) is 6.95. The Morgan fingerprint density at radius 3 is 2.21 bits per heavy atom. The van der Waals surface area contributed by atoms with Gasteiger partial charge in [0.15, 0.2) is 8.32 Å². The lowest BCUT2D eigenvalue weighted by atomic mass is 9.97. The Kier molecular flexibility index (Phi) is 10.8. The van der Waals surface area contributed by atoms with E-state index in [1.165, 1.54) is 18.9 Å². The van der Waals surface area contributed by atoms with Crippen LogP contribution in [0.15, 0.2) is 58.0 Å². The Bertz CT molecular complexity index is 1840. The SMILES string of the molecule is COC(=O)c1ccc(-c2nc(CSc3nc(N)c(C#N)c(-c4ccc(OC[C@H](C)O[Si](C)(C)C(C)(C)C)cc4)c3C#N)c(C)o2)cc1. The number of pyridine rings is 1. The summed E-state index contributed by atoms with van der Waals surface area (Å²) in [5, 5.41) is 20.7. The molecule has 0 aliphatic carbocycles. The molecule has 2 aromatic heterocycles.